The van der Waals surface area contributed by atoms with E-state index in [-0.39, 0.29) is 0 Å². The monoisotopic (exact) mass is 239 g/mol. The van der Waals surface area contributed by atoms with Crippen molar-refractivity contribution in [3.63, 3.8) is 0 Å². The van der Waals surface area contributed by atoms with Gasteiger partial charge in [0.05, 0.1) is 12.8 Å². The molecule has 0 aliphatic carbocycles. The number of methoxy groups -OCH3 is 1. The molecule has 2 heteroatoms. The number of benzene rings is 2. The number of hydrogen-bond donors (Lipinski definition) is 0. The second-order valence-corrected chi connectivity index (χ2v) is 4.05. The summed E-state index contributed by atoms with van der Waals surface area (Å²) in [5.74, 6) is 0.861. The second kappa shape index (κ2) is 6.01. The summed E-state index contributed by atoms with van der Waals surface area (Å²) in [5.41, 5.74) is 3.37. The first-order valence-corrected chi connectivity index (χ1v) is 6.09. The molecule has 0 N–H and O–H groups in total. The lowest BCUT2D eigenvalue weighted by molar-refractivity contribution is 0.415. The predicted molar refractivity (Wildman–Crippen MR) is 76.1 cm³/mol. The molecule has 0 unspecified atom stereocenters. The molecular formula is C16H17NO. The summed E-state index contributed by atoms with van der Waals surface area (Å²) in [4.78, 5) is 4.44. The summed E-state index contributed by atoms with van der Waals surface area (Å²) < 4.78 is 5.11. The van der Waals surface area contributed by atoms with Crippen LogP contribution in [-0.4, -0.2) is 13.3 Å². The highest BCUT2D eigenvalue weighted by atomic mass is 16.5. The van der Waals surface area contributed by atoms with Crippen LogP contribution >= 0.6 is 0 Å². The van der Waals surface area contributed by atoms with Gasteiger partial charge in [-0.2, -0.15) is 0 Å². The normalized spacial score (nSPS) is 10.8. The molecule has 0 spiro atoms. The summed E-state index contributed by atoms with van der Waals surface area (Å²) in [6, 6.07) is 16.1. The number of ether oxygens (including phenoxy) is 1. The van der Waals surface area contributed by atoms with Crippen molar-refractivity contribution in [3.8, 4) is 5.75 Å². The summed E-state index contributed by atoms with van der Waals surface area (Å²) in [6.07, 6.45) is 2.92. The van der Waals surface area contributed by atoms with Gasteiger partial charge in [0.2, 0.25) is 0 Å². The van der Waals surface area contributed by atoms with Crippen LogP contribution in [0.25, 0.3) is 0 Å². The third kappa shape index (κ3) is 3.20. The largest absolute Gasteiger partial charge is 0.497 e. The van der Waals surface area contributed by atoms with E-state index in [0.29, 0.717) is 0 Å². The lowest BCUT2D eigenvalue weighted by Gasteiger charge is -1.99. The SMILES string of the molecule is CCc1ccc(/N=C/c2ccc(OC)cc2)cc1. The van der Waals surface area contributed by atoms with Gasteiger partial charge in [-0.15, -0.1) is 0 Å². The van der Waals surface area contributed by atoms with Gasteiger partial charge in [0.25, 0.3) is 0 Å². The van der Waals surface area contributed by atoms with Crippen molar-refractivity contribution >= 4 is 11.9 Å². The van der Waals surface area contributed by atoms with Gasteiger partial charge in [0.1, 0.15) is 5.75 Å². The third-order valence-corrected chi connectivity index (χ3v) is 2.82. The van der Waals surface area contributed by atoms with Gasteiger partial charge in [0.15, 0.2) is 0 Å². The van der Waals surface area contributed by atoms with Crippen LogP contribution in [0.15, 0.2) is 53.5 Å². The average Bonchev–Trinajstić information content (AvgIpc) is 2.46. The molecule has 0 amide bonds. The molecule has 0 aliphatic heterocycles. The molecule has 0 aliphatic rings. The second-order valence-electron chi connectivity index (χ2n) is 4.05. The molecule has 0 saturated carbocycles. The predicted octanol–water partition coefficient (Wildman–Crippen LogP) is 4.01. The fourth-order valence-corrected chi connectivity index (χ4v) is 1.66. The molecule has 0 radical (unpaired) electrons. The summed E-state index contributed by atoms with van der Waals surface area (Å²) in [6.45, 7) is 2.15. The average molecular weight is 239 g/mol. The maximum Gasteiger partial charge on any atom is 0.118 e. The van der Waals surface area contributed by atoms with E-state index in [1.165, 1.54) is 5.56 Å². The van der Waals surface area contributed by atoms with Crippen LogP contribution in [0.3, 0.4) is 0 Å². The highest BCUT2D eigenvalue weighted by Crippen LogP contribution is 2.14. The molecule has 2 nitrogen and oxygen atoms in total. The van der Waals surface area contributed by atoms with Crippen molar-refractivity contribution in [2.24, 2.45) is 4.99 Å². The molecule has 2 rings (SSSR count). The van der Waals surface area contributed by atoms with Crippen molar-refractivity contribution in [2.75, 3.05) is 7.11 Å². The maximum atomic E-state index is 5.11. The molecule has 92 valence electrons. The van der Waals surface area contributed by atoms with Crippen LogP contribution in [0, 0.1) is 0 Å². The fraction of sp³-hybridized carbons (Fsp3) is 0.188. The minimum Gasteiger partial charge on any atom is -0.497 e. The van der Waals surface area contributed by atoms with Gasteiger partial charge in [0, 0.05) is 6.21 Å². The Kier molecular flexibility index (Phi) is 4.13. The zero-order valence-electron chi connectivity index (χ0n) is 10.8. The molecule has 0 bridgehead atoms. The molecule has 0 atom stereocenters. The number of aliphatic imine (C=N–C) groups is 1. The molecule has 0 aromatic heterocycles. The van der Waals surface area contributed by atoms with E-state index in [1.807, 2.05) is 42.6 Å². The van der Waals surface area contributed by atoms with Crippen molar-refractivity contribution in [2.45, 2.75) is 13.3 Å². The van der Waals surface area contributed by atoms with Crippen LogP contribution in [-0.2, 0) is 6.42 Å². The number of rotatable bonds is 4. The molecule has 0 saturated heterocycles. The molecular weight excluding hydrogens is 222 g/mol. The molecule has 0 heterocycles. The van der Waals surface area contributed by atoms with Crippen LogP contribution < -0.4 is 4.74 Å². The van der Waals surface area contributed by atoms with E-state index in [9.17, 15) is 0 Å². The Bertz CT molecular complexity index is 462. The molecule has 18 heavy (non-hydrogen) atoms. The van der Waals surface area contributed by atoms with Gasteiger partial charge < -0.3 is 4.74 Å². The minimum atomic E-state index is 0.861. The summed E-state index contributed by atoms with van der Waals surface area (Å²) in [7, 11) is 1.67. The van der Waals surface area contributed by atoms with Gasteiger partial charge >= 0.3 is 0 Å². The lowest BCUT2D eigenvalue weighted by Crippen LogP contribution is -1.84. The van der Waals surface area contributed by atoms with Gasteiger partial charge in [-0.05, 0) is 53.9 Å². The van der Waals surface area contributed by atoms with E-state index in [2.05, 4.69) is 24.0 Å². The first kappa shape index (κ1) is 12.4. The van der Waals surface area contributed by atoms with Crippen molar-refractivity contribution < 1.29 is 4.74 Å². The van der Waals surface area contributed by atoms with Crippen LogP contribution in [0.5, 0.6) is 5.75 Å². The van der Waals surface area contributed by atoms with Crippen molar-refractivity contribution in [1.29, 1.82) is 0 Å². The zero-order chi connectivity index (χ0) is 12.8. The molecule has 2 aromatic carbocycles. The maximum absolute atomic E-state index is 5.11. The van der Waals surface area contributed by atoms with E-state index in [4.69, 9.17) is 4.74 Å². The Morgan fingerprint density at radius 2 is 1.67 bits per heavy atom. The van der Waals surface area contributed by atoms with E-state index < -0.39 is 0 Å². The van der Waals surface area contributed by atoms with Gasteiger partial charge in [-0.3, -0.25) is 4.99 Å². The fourth-order valence-electron chi connectivity index (χ4n) is 1.66. The van der Waals surface area contributed by atoms with E-state index in [0.717, 1.165) is 23.4 Å². The highest BCUT2D eigenvalue weighted by molar-refractivity contribution is 5.82. The zero-order valence-corrected chi connectivity index (χ0v) is 10.8. The van der Waals surface area contributed by atoms with E-state index >= 15 is 0 Å². The Hall–Kier alpha value is -2.09. The topological polar surface area (TPSA) is 21.6 Å². The summed E-state index contributed by atoms with van der Waals surface area (Å²) >= 11 is 0. The van der Waals surface area contributed by atoms with Gasteiger partial charge in [-0.25, -0.2) is 0 Å². The molecule has 2 aromatic rings. The first-order valence-electron chi connectivity index (χ1n) is 6.09. The van der Waals surface area contributed by atoms with Gasteiger partial charge in [-0.1, -0.05) is 19.1 Å². The van der Waals surface area contributed by atoms with E-state index in [1.54, 1.807) is 7.11 Å². The van der Waals surface area contributed by atoms with Crippen LogP contribution in [0.2, 0.25) is 0 Å². The Labute approximate surface area is 108 Å². The number of nitrogens with zero attached hydrogens (tertiary/aromatic N) is 1. The smallest absolute Gasteiger partial charge is 0.118 e. The standard InChI is InChI=1S/C16H17NO/c1-3-13-4-8-15(9-5-13)17-12-14-6-10-16(18-2)11-7-14/h4-12H,3H2,1-2H3/b17-12+. The quantitative estimate of drug-likeness (QED) is 0.739. The first-order chi connectivity index (χ1) is 8.81. The Morgan fingerprint density at radius 1 is 1.00 bits per heavy atom. The Balaban J connectivity index is 2.08. The lowest BCUT2D eigenvalue weighted by atomic mass is 10.1. The summed E-state index contributed by atoms with van der Waals surface area (Å²) in [5, 5.41) is 0. The van der Waals surface area contributed by atoms with Crippen molar-refractivity contribution in [3.05, 3.63) is 59.7 Å². The minimum absolute atomic E-state index is 0.861. The van der Waals surface area contributed by atoms with Crippen LogP contribution in [0.4, 0.5) is 5.69 Å². The van der Waals surface area contributed by atoms with Crippen molar-refractivity contribution in [1.82, 2.24) is 0 Å². The Morgan fingerprint density at radius 3 is 2.22 bits per heavy atom. The number of hydrogen-bond acceptors (Lipinski definition) is 2. The number of aryl methyl sites for hydroxylation is 1. The third-order valence-electron chi connectivity index (χ3n) is 2.82. The molecule has 0 fully saturated rings. The highest BCUT2D eigenvalue weighted by Gasteiger charge is 1.92. The van der Waals surface area contributed by atoms with Crippen LogP contribution in [0.1, 0.15) is 18.1 Å².